The van der Waals surface area contributed by atoms with E-state index in [1.807, 2.05) is 0 Å². The summed E-state index contributed by atoms with van der Waals surface area (Å²) in [7, 11) is 1.48. The molecule has 0 saturated heterocycles. The summed E-state index contributed by atoms with van der Waals surface area (Å²) in [6.07, 6.45) is 1.52. The minimum absolute atomic E-state index is 0.0600. The first-order valence-corrected chi connectivity index (χ1v) is 5.98. The normalized spacial score (nSPS) is 10.5. The fourth-order valence-electron chi connectivity index (χ4n) is 1.89. The van der Waals surface area contributed by atoms with Gasteiger partial charge in [-0.15, -0.1) is 0 Å². The molecule has 8 nitrogen and oxygen atoms in total. The van der Waals surface area contributed by atoms with Gasteiger partial charge in [-0.05, 0) is 18.2 Å². The number of nitro benzene ring substituents is 1. The second-order valence-corrected chi connectivity index (χ2v) is 4.13. The lowest BCUT2D eigenvalue weighted by Crippen LogP contribution is -1.93. The van der Waals surface area contributed by atoms with E-state index in [1.165, 1.54) is 31.6 Å². The van der Waals surface area contributed by atoms with Crippen LogP contribution in [0.15, 0.2) is 41.0 Å². The number of hydrogen-bond acceptors (Lipinski definition) is 6. The van der Waals surface area contributed by atoms with Crippen molar-refractivity contribution in [3.8, 4) is 28.7 Å². The van der Waals surface area contributed by atoms with Gasteiger partial charge in [0.15, 0.2) is 17.4 Å². The van der Waals surface area contributed by atoms with E-state index in [4.69, 9.17) is 9.15 Å². The molecule has 0 spiro atoms. The molecule has 0 atom stereocenters. The van der Waals surface area contributed by atoms with E-state index in [0.717, 1.165) is 0 Å². The van der Waals surface area contributed by atoms with Crippen LogP contribution < -0.4 is 4.74 Å². The van der Waals surface area contributed by atoms with Gasteiger partial charge in [0.25, 0.3) is 5.69 Å². The summed E-state index contributed by atoms with van der Waals surface area (Å²) in [6.45, 7) is 0. The summed E-state index contributed by atoms with van der Waals surface area (Å²) >= 11 is 0. The monoisotopic (exact) mass is 286 g/mol. The van der Waals surface area contributed by atoms with Crippen molar-refractivity contribution in [2.24, 2.45) is 0 Å². The van der Waals surface area contributed by atoms with E-state index in [0.29, 0.717) is 28.7 Å². The van der Waals surface area contributed by atoms with E-state index in [1.54, 1.807) is 12.1 Å². The Kier molecular flexibility index (Phi) is 3.11. The number of methoxy groups -OCH3 is 1. The zero-order valence-corrected chi connectivity index (χ0v) is 10.9. The van der Waals surface area contributed by atoms with Crippen molar-refractivity contribution in [1.82, 2.24) is 15.2 Å². The second-order valence-electron chi connectivity index (χ2n) is 4.13. The Balaban J connectivity index is 2.07. The highest BCUT2D eigenvalue weighted by molar-refractivity contribution is 5.68. The van der Waals surface area contributed by atoms with Gasteiger partial charge in [-0.3, -0.25) is 15.2 Å². The van der Waals surface area contributed by atoms with Gasteiger partial charge in [0, 0.05) is 12.1 Å². The minimum atomic E-state index is -0.483. The predicted molar refractivity (Wildman–Crippen MR) is 72.7 cm³/mol. The molecule has 0 bridgehead atoms. The third kappa shape index (κ3) is 2.34. The van der Waals surface area contributed by atoms with Gasteiger partial charge in [-0.1, -0.05) is 0 Å². The lowest BCUT2D eigenvalue weighted by Gasteiger charge is -2.04. The van der Waals surface area contributed by atoms with Gasteiger partial charge in [0.05, 0.1) is 23.9 Å². The largest absolute Gasteiger partial charge is 0.496 e. The molecular weight excluding hydrogens is 276 g/mol. The number of nitrogens with zero attached hydrogens (tertiary/aromatic N) is 3. The Labute approximate surface area is 118 Å². The van der Waals surface area contributed by atoms with Crippen LogP contribution in [-0.2, 0) is 0 Å². The van der Waals surface area contributed by atoms with Crippen molar-refractivity contribution < 1.29 is 14.1 Å². The van der Waals surface area contributed by atoms with Crippen molar-refractivity contribution in [2.75, 3.05) is 7.11 Å². The van der Waals surface area contributed by atoms with Gasteiger partial charge in [0.1, 0.15) is 5.75 Å². The Bertz CT molecular complexity index is 779. The van der Waals surface area contributed by atoms with E-state index in [2.05, 4.69) is 15.2 Å². The summed E-state index contributed by atoms with van der Waals surface area (Å²) in [5.74, 6) is 1.70. The quantitative estimate of drug-likeness (QED) is 0.583. The summed E-state index contributed by atoms with van der Waals surface area (Å²) < 4.78 is 10.4. The number of non-ortho nitro benzene ring substituents is 1. The standard InChI is InChI=1S/C13H10N4O4/c1-20-10-5-4-8(17(18)19)7-9(10)12-14-13(16-15-12)11-3-2-6-21-11/h2-7H,1H3,(H,14,15,16). The van der Waals surface area contributed by atoms with Crippen LogP contribution in [0.2, 0.25) is 0 Å². The lowest BCUT2D eigenvalue weighted by atomic mass is 10.1. The van der Waals surface area contributed by atoms with Gasteiger partial charge in [-0.2, -0.15) is 5.10 Å². The maximum absolute atomic E-state index is 10.9. The fourth-order valence-corrected chi connectivity index (χ4v) is 1.89. The topological polar surface area (TPSA) is 107 Å². The Morgan fingerprint density at radius 3 is 2.90 bits per heavy atom. The lowest BCUT2D eigenvalue weighted by molar-refractivity contribution is -0.384. The molecule has 2 heterocycles. The average Bonchev–Trinajstić information content (AvgIpc) is 3.17. The molecule has 21 heavy (non-hydrogen) atoms. The summed E-state index contributed by atoms with van der Waals surface area (Å²) in [6, 6.07) is 7.70. The highest BCUT2D eigenvalue weighted by Crippen LogP contribution is 2.32. The molecule has 3 aromatic rings. The first-order valence-electron chi connectivity index (χ1n) is 5.98. The Morgan fingerprint density at radius 1 is 1.38 bits per heavy atom. The summed E-state index contributed by atoms with van der Waals surface area (Å²) in [4.78, 5) is 14.7. The molecule has 0 amide bonds. The van der Waals surface area contributed by atoms with Gasteiger partial charge >= 0.3 is 0 Å². The maximum atomic E-state index is 10.9. The minimum Gasteiger partial charge on any atom is -0.496 e. The number of aromatic amines is 1. The van der Waals surface area contributed by atoms with Crippen molar-refractivity contribution in [2.45, 2.75) is 0 Å². The molecule has 0 saturated carbocycles. The number of benzene rings is 1. The SMILES string of the molecule is COc1ccc([N+](=O)[O-])cc1-c1n[nH]c(-c2ccco2)n1. The van der Waals surface area contributed by atoms with E-state index >= 15 is 0 Å². The van der Waals surface area contributed by atoms with Crippen LogP contribution in [0, 0.1) is 10.1 Å². The van der Waals surface area contributed by atoms with E-state index in [9.17, 15) is 10.1 Å². The van der Waals surface area contributed by atoms with Crippen molar-refractivity contribution >= 4 is 5.69 Å². The maximum Gasteiger partial charge on any atom is 0.270 e. The van der Waals surface area contributed by atoms with Crippen LogP contribution in [-0.4, -0.2) is 27.2 Å². The molecule has 1 N–H and O–H groups in total. The molecule has 8 heteroatoms. The Morgan fingerprint density at radius 2 is 2.24 bits per heavy atom. The van der Waals surface area contributed by atoms with Crippen LogP contribution in [0.4, 0.5) is 5.69 Å². The molecule has 106 valence electrons. The average molecular weight is 286 g/mol. The summed E-state index contributed by atoms with van der Waals surface area (Å²) in [5.41, 5.74) is 0.371. The molecule has 0 radical (unpaired) electrons. The second kappa shape index (κ2) is 5.08. The van der Waals surface area contributed by atoms with E-state index in [-0.39, 0.29) is 5.69 Å². The molecule has 0 unspecified atom stereocenters. The molecule has 1 aromatic carbocycles. The fraction of sp³-hybridized carbons (Fsp3) is 0.0769. The number of ether oxygens (including phenoxy) is 1. The van der Waals surface area contributed by atoms with Crippen LogP contribution in [0.1, 0.15) is 0 Å². The van der Waals surface area contributed by atoms with Gasteiger partial charge in [0.2, 0.25) is 0 Å². The number of rotatable bonds is 4. The predicted octanol–water partition coefficient (Wildman–Crippen LogP) is 2.65. The number of aromatic nitrogens is 3. The first kappa shape index (κ1) is 12.9. The van der Waals surface area contributed by atoms with Crippen molar-refractivity contribution in [3.63, 3.8) is 0 Å². The smallest absolute Gasteiger partial charge is 0.270 e. The molecule has 0 aliphatic rings. The first-order chi connectivity index (χ1) is 10.2. The molecule has 2 aromatic heterocycles. The number of nitro groups is 1. The number of nitrogens with one attached hydrogen (secondary N) is 1. The number of hydrogen-bond donors (Lipinski definition) is 1. The van der Waals surface area contributed by atoms with Crippen LogP contribution in [0.25, 0.3) is 23.0 Å². The zero-order valence-electron chi connectivity index (χ0n) is 10.9. The molecular formula is C13H10N4O4. The Hall–Kier alpha value is -3.16. The van der Waals surface area contributed by atoms with Crippen LogP contribution >= 0.6 is 0 Å². The zero-order chi connectivity index (χ0) is 14.8. The third-order valence-electron chi connectivity index (χ3n) is 2.87. The van der Waals surface area contributed by atoms with Crippen LogP contribution in [0.3, 0.4) is 0 Å². The highest BCUT2D eigenvalue weighted by Gasteiger charge is 2.17. The van der Waals surface area contributed by atoms with Crippen LogP contribution in [0.5, 0.6) is 5.75 Å². The summed E-state index contributed by atoms with van der Waals surface area (Å²) in [5, 5.41) is 17.7. The van der Waals surface area contributed by atoms with Crippen molar-refractivity contribution in [3.05, 3.63) is 46.7 Å². The molecule has 3 rings (SSSR count). The molecule has 0 aliphatic carbocycles. The molecule has 0 aliphatic heterocycles. The van der Waals surface area contributed by atoms with Gasteiger partial charge < -0.3 is 9.15 Å². The van der Waals surface area contributed by atoms with E-state index < -0.39 is 4.92 Å². The highest BCUT2D eigenvalue weighted by atomic mass is 16.6. The van der Waals surface area contributed by atoms with Crippen molar-refractivity contribution in [1.29, 1.82) is 0 Å². The van der Waals surface area contributed by atoms with Gasteiger partial charge in [-0.25, -0.2) is 4.98 Å². The number of furan rings is 1. The third-order valence-corrected chi connectivity index (χ3v) is 2.87. The molecule has 0 fully saturated rings. The number of H-pyrrole nitrogens is 1.